The molecule has 0 spiro atoms. The minimum absolute atomic E-state index is 0.112. The van der Waals surface area contributed by atoms with Gasteiger partial charge in [-0.2, -0.15) is 4.68 Å². The summed E-state index contributed by atoms with van der Waals surface area (Å²) in [6, 6.07) is 16.6. The number of nitrogens with one attached hydrogen (secondary N) is 3. The third-order valence-corrected chi connectivity index (χ3v) is 7.20. The number of carbonyl (C=O) groups excluding carboxylic acids is 1. The van der Waals surface area contributed by atoms with E-state index in [1.165, 1.54) is 6.33 Å². The van der Waals surface area contributed by atoms with Gasteiger partial charge in [0, 0.05) is 35.4 Å². The summed E-state index contributed by atoms with van der Waals surface area (Å²) in [5.74, 6) is 0.739. The van der Waals surface area contributed by atoms with Gasteiger partial charge in [-0.1, -0.05) is 35.9 Å². The largest absolute Gasteiger partial charge is 0.340 e. The lowest BCUT2D eigenvalue weighted by molar-refractivity contribution is 0.241. The first-order chi connectivity index (χ1) is 19.5. The zero-order valence-electron chi connectivity index (χ0n) is 21.6. The summed E-state index contributed by atoms with van der Waals surface area (Å²) in [6.45, 7) is 2.90. The van der Waals surface area contributed by atoms with Crippen LogP contribution >= 0.6 is 11.6 Å². The molecule has 0 unspecified atom stereocenters. The van der Waals surface area contributed by atoms with E-state index in [1.54, 1.807) is 23.0 Å². The van der Waals surface area contributed by atoms with Gasteiger partial charge < -0.3 is 20.2 Å². The number of aromatic nitrogens is 7. The zero-order valence-corrected chi connectivity index (χ0v) is 22.4. The fraction of sp³-hybridized carbons (Fsp3) is 0.214. The molecule has 1 aliphatic heterocycles. The number of hydrogen-bond acceptors (Lipinski definition) is 6. The van der Waals surface area contributed by atoms with Crippen molar-refractivity contribution in [2.45, 2.75) is 32.4 Å². The molecule has 0 bridgehead atoms. The molecule has 2 aromatic carbocycles. The van der Waals surface area contributed by atoms with Crippen LogP contribution in [0.4, 0.5) is 4.79 Å². The first-order valence-electron chi connectivity index (χ1n) is 12.9. The fourth-order valence-electron chi connectivity index (χ4n) is 5.08. The molecule has 4 heterocycles. The minimum atomic E-state index is -0.191. The van der Waals surface area contributed by atoms with Crippen LogP contribution in [-0.2, 0) is 13.0 Å². The van der Waals surface area contributed by atoms with Gasteiger partial charge in [0.15, 0.2) is 0 Å². The molecular formula is C28H26ClN9O2. The monoisotopic (exact) mass is 555 g/mol. The molecule has 12 heteroatoms. The van der Waals surface area contributed by atoms with E-state index in [0.717, 1.165) is 58.0 Å². The van der Waals surface area contributed by atoms with Crippen molar-refractivity contribution in [1.82, 2.24) is 45.4 Å². The van der Waals surface area contributed by atoms with E-state index in [0.29, 0.717) is 18.1 Å². The molecule has 3 aromatic heterocycles. The standard InChI is InChI=1S/C28H26ClN9O2/c1-2-30-28(40)32-14-17-3-5-18(6-4-17)23-15-31-27(34-23)25-10-8-21-11-19(12-26(39)38(21)25)22-13-20(29)7-9-24(22)37-16-33-35-36-37/h3-7,9,11-13,15-16,25H,2,8,10,14H2,1H3,(H,31,34)(H2,30,32,40)/t25-/m0/s1. The number of aromatic amines is 1. The Kier molecular flexibility index (Phi) is 6.87. The van der Waals surface area contributed by atoms with Gasteiger partial charge >= 0.3 is 6.03 Å². The van der Waals surface area contributed by atoms with Crippen molar-refractivity contribution in [1.29, 1.82) is 0 Å². The average molecular weight is 556 g/mol. The van der Waals surface area contributed by atoms with Crippen LogP contribution in [0.1, 0.15) is 36.5 Å². The zero-order chi connectivity index (χ0) is 27.6. The number of tetrazole rings is 1. The average Bonchev–Trinajstić information content (AvgIpc) is 3.73. The van der Waals surface area contributed by atoms with Crippen LogP contribution in [-0.4, -0.2) is 47.3 Å². The third-order valence-electron chi connectivity index (χ3n) is 6.97. The van der Waals surface area contributed by atoms with Crippen molar-refractivity contribution in [2.75, 3.05) is 6.54 Å². The molecule has 5 aromatic rings. The minimum Gasteiger partial charge on any atom is -0.340 e. The number of urea groups is 1. The number of benzene rings is 2. The van der Waals surface area contributed by atoms with Crippen molar-refractivity contribution in [3.8, 4) is 28.1 Å². The number of hydrogen-bond donors (Lipinski definition) is 3. The molecule has 6 rings (SSSR count). The number of aryl methyl sites for hydroxylation is 1. The van der Waals surface area contributed by atoms with E-state index in [9.17, 15) is 9.59 Å². The normalized spacial score (nSPS) is 14.2. The predicted octanol–water partition coefficient (Wildman–Crippen LogP) is 3.89. The van der Waals surface area contributed by atoms with Gasteiger partial charge in [0.05, 0.1) is 23.6 Å². The number of pyridine rings is 1. The molecule has 0 aliphatic carbocycles. The number of carbonyl (C=O) groups is 1. The topological polar surface area (TPSA) is 135 Å². The summed E-state index contributed by atoms with van der Waals surface area (Å²) in [5, 5.41) is 17.6. The van der Waals surface area contributed by atoms with Crippen molar-refractivity contribution in [2.24, 2.45) is 0 Å². The summed E-state index contributed by atoms with van der Waals surface area (Å²) >= 11 is 6.31. The smallest absolute Gasteiger partial charge is 0.315 e. The van der Waals surface area contributed by atoms with Crippen LogP contribution in [0.2, 0.25) is 5.02 Å². The first kappa shape index (κ1) is 25.5. The van der Waals surface area contributed by atoms with Crippen molar-refractivity contribution >= 4 is 17.6 Å². The van der Waals surface area contributed by atoms with E-state index in [-0.39, 0.29) is 17.6 Å². The van der Waals surface area contributed by atoms with E-state index in [1.807, 2.05) is 54.0 Å². The van der Waals surface area contributed by atoms with Crippen LogP contribution in [0, 0.1) is 0 Å². The van der Waals surface area contributed by atoms with Gasteiger partial charge in [-0.3, -0.25) is 4.79 Å². The SMILES string of the molecule is CCNC(=O)NCc1ccc(-c2cnc([C@@H]3CCc4cc(-c5cc(Cl)ccc5-n5cnnn5)cc(=O)n43)[nH]2)cc1. The molecule has 0 saturated heterocycles. The van der Waals surface area contributed by atoms with Gasteiger partial charge in [-0.15, -0.1) is 5.10 Å². The van der Waals surface area contributed by atoms with Crippen LogP contribution in [0.15, 0.2) is 71.9 Å². The molecule has 3 N–H and O–H groups in total. The highest BCUT2D eigenvalue weighted by molar-refractivity contribution is 6.31. The molecule has 0 radical (unpaired) electrons. The summed E-state index contributed by atoms with van der Waals surface area (Å²) in [6.07, 6.45) is 4.79. The highest BCUT2D eigenvalue weighted by Gasteiger charge is 2.28. The summed E-state index contributed by atoms with van der Waals surface area (Å²) in [7, 11) is 0. The number of rotatable bonds is 7. The molecule has 0 fully saturated rings. The lowest BCUT2D eigenvalue weighted by Crippen LogP contribution is -2.34. The van der Waals surface area contributed by atoms with Gasteiger partial charge in [0.25, 0.3) is 5.56 Å². The van der Waals surface area contributed by atoms with Crippen molar-refractivity contribution in [3.63, 3.8) is 0 Å². The summed E-state index contributed by atoms with van der Waals surface area (Å²) in [4.78, 5) is 33.1. The van der Waals surface area contributed by atoms with Crippen LogP contribution in [0.5, 0.6) is 0 Å². The highest BCUT2D eigenvalue weighted by Crippen LogP contribution is 2.34. The van der Waals surface area contributed by atoms with Crippen LogP contribution < -0.4 is 16.2 Å². The second-order valence-electron chi connectivity index (χ2n) is 9.51. The van der Waals surface area contributed by atoms with Gasteiger partial charge in [0.2, 0.25) is 0 Å². The Balaban J connectivity index is 1.24. The van der Waals surface area contributed by atoms with E-state index < -0.39 is 0 Å². The number of H-pyrrole nitrogens is 1. The van der Waals surface area contributed by atoms with Crippen LogP contribution in [0.3, 0.4) is 0 Å². The van der Waals surface area contributed by atoms with Gasteiger partial charge in [0.1, 0.15) is 12.2 Å². The predicted molar refractivity (Wildman–Crippen MR) is 150 cm³/mol. The number of amides is 2. The Hall–Kier alpha value is -4.77. The van der Waals surface area contributed by atoms with E-state index >= 15 is 0 Å². The number of imidazole rings is 1. The highest BCUT2D eigenvalue weighted by atomic mass is 35.5. The maximum absolute atomic E-state index is 13.4. The van der Waals surface area contributed by atoms with E-state index in [2.05, 4.69) is 36.1 Å². The number of fused-ring (bicyclic) bond motifs is 1. The van der Waals surface area contributed by atoms with Crippen molar-refractivity contribution < 1.29 is 4.79 Å². The quantitative estimate of drug-likeness (QED) is 0.279. The Morgan fingerprint density at radius 1 is 1.10 bits per heavy atom. The number of halogens is 1. The maximum atomic E-state index is 13.4. The molecule has 1 aliphatic rings. The van der Waals surface area contributed by atoms with Gasteiger partial charge in [-0.05, 0) is 71.1 Å². The molecule has 0 saturated carbocycles. The first-order valence-corrected chi connectivity index (χ1v) is 13.3. The molecule has 1 atom stereocenters. The fourth-order valence-corrected chi connectivity index (χ4v) is 5.25. The Morgan fingerprint density at radius 3 is 2.73 bits per heavy atom. The lowest BCUT2D eigenvalue weighted by Gasteiger charge is -2.15. The van der Waals surface area contributed by atoms with Crippen LogP contribution in [0.25, 0.3) is 28.1 Å². The molecular weight excluding hydrogens is 530 g/mol. The third kappa shape index (κ3) is 4.98. The molecule has 2 amide bonds. The second-order valence-corrected chi connectivity index (χ2v) is 9.94. The Labute approximate surface area is 234 Å². The Morgan fingerprint density at radius 2 is 1.95 bits per heavy atom. The molecule has 11 nitrogen and oxygen atoms in total. The summed E-state index contributed by atoms with van der Waals surface area (Å²) < 4.78 is 3.36. The summed E-state index contributed by atoms with van der Waals surface area (Å²) in [5.41, 5.74) is 5.90. The second kappa shape index (κ2) is 10.8. The lowest BCUT2D eigenvalue weighted by atomic mass is 10.0. The molecule has 40 heavy (non-hydrogen) atoms. The Bertz CT molecular complexity index is 1730. The maximum Gasteiger partial charge on any atom is 0.315 e. The van der Waals surface area contributed by atoms with Gasteiger partial charge in [-0.25, -0.2) is 9.78 Å². The molecule has 202 valence electrons. The van der Waals surface area contributed by atoms with E-state index in [4.69, 9.17) is 11.6 Å². The van der Waals surface area contributed by atoms with Crippen molar-refractivity contribution in [3.05, 3.63) is 99.6 Å². The number of nitrogens with zero attached hydrogens (tertiary/aromatic N) is 6.